The maximum atomic E-state index is 11.0. The fraction of sp³-hybridized carbons (Fsp3) is 0.500. The lowest BCUT2D eigenvalue weighted by Crippen LogP contribution is -2.38. The summed E-state index contributed by atoms with van der Waals surface area (Å²) < 4.78 is 5.29. The van der Waals surface area contributed by atoms with Crippen molar-refractivity contribution in [3.8, 4) is 5.75 Å². The van der Waals surface area contributed by atoms with Crippen molar-refractivity contribution in [1.82, 2.24) is 0 Å². The third-order valence-corrected chi connectivity index (χ3v) is 2.95. The Balaban J connectivity index is 3.10. The number of nitrogens with two attached hydrogens (primary N) is 2. The van der Waals surface area contributed by atoms with Gasteiger partial charge in [-0.15, -0.1) is 0 Å². The first-order valence-electron chi connectivity index (χ1n) is 5.98. The number of benzene rings is 1. The van der Waals surface area contributed by atoms with Gasteiger partial charge in [-0.1, -0.05) is 32.9 Å². The highest BCUT2D eigenvalue weighted by atomic mass is 16.5. The van der Waals surface area contributed by atoms with Crippen LogP contribution in [0.4, 0.5) is 0 Å². The number of methoxy groups -OCH3 is 1. The van der Waals surface area contributed by atoms with E-state index in [0.29, 0.717) is 6.42 Å². The van der Waals surface area contributed by atoms with E-state index in [-0.39, 0.29) is 5.41 Å². The SMILES string of the molecule is COc1ccc(C(C)(C)C)cc1CC(N)C(N)=O. The van der Waals surface area contributed by atoms with E-state index < -0.39 is 11.9 Å². The summed E-state index contributed by atoms with van der Waals surface area (Å²) in [5.74, 6) is 0.234. The van der Waals surface area contributed by atoms with Gasteiger partial charge < -0.3 is 16.2 Å². The molecule has 0 bridgehead atoms. The van der Waals surface area contributed by atoms with Crippen molar-refractivity contribution < 1.29 is 9.53 Å². The molecule has 1 atom stereocenters. The lowest BCUT2D eigenvalue weighted by molar-refractivity contribution is -0.119. The zero-order chi connectivity index (χ0) is 13.9. The molecule has 1 aromatic carbocycles. The average molecular weight is 250 g/mol. The minimum atomic E-state index is -0.686. The number of ether oxygens (including phenoxy) is 1. The van der Waals surface area contributed by atoms with Crippen LogP contribution in [0.2, 0.25) is 0 Å². The van der Waals surface area contributed by atoms with Crippen LogP contribution in [-0.4, -0.2) is 19.1 Å². The lowest BCUT2D eigenvalue weighted by atomic mass is 9.85. The van der Waals surface area contributed by atoms with E-state index in [1.807, 2.05) is 18.2 Å². The summed E-state index contributed by atoms with van der Waals surface area (Å²) in [5.41, 5.74) is 13.0. The van der Waals surface area contributed by atoms with E-state index in [1.165, 1.54) is 5.56 Å². The zero-order valence-corrected chi connectivity index (χ0v) is 11.5. The van der Waals surface area contributed by atoms with Crippen molar-refractivity contribution in [2.24, 2.45) is 11.5 Å². The molecule has 1 amide bonds. The number of hydrogen-bond donors (Lipinski definition) is 2. The summed E-state index contributed by atoms with van der Waals surface area (Å²) in [6.07, 6.45) is 0.391. The minimum absolute atomic E-state index is 0.0395. The summed E-state index contributed by atoms with van der Waals surface area (Å²) in [6.45, 7) is 6.39. The van der Waals surface area contributed by atoms with Crippen molar-refractivity contribution >= 4 is 5.91 Å². The van der Waals surface area contributed by atoms with Crippen molar-refractivity contribution in [3.05, 3.63) is 29.3 Å². The fourth-order valence-corrected chi connectivity index (χ4v) is 1.74. The second-order valence-electron chi connectivity index (χ2n) is 5.49. The van der Waals surface area contributed by atoms with Crippen molar-refractivity contribution in [1.29, 1.82) is 0 Å². The van der Waals surface area contributed by atoms with Crippen LogP contribution in [0.5, 0.6) is 5.75 Å². The third-order valence-electron chi connectivity index (χ3n) is 2.95. The van der Waals surface area contributed by atoms with E-state index >= 15 is 0 Å². The molecule has 4 heteroatoms. The molecule has 4 N–H and O–H groups in total. The molecule has 0 aliphatic carbocycles. The number of hydrogen-bond acceptors (Lipinski definition) is 3. The maximum Gasteiger partial charge on any atom is 0.234 e. The van der Waals surface area contributed by atoms with Gasteiger partial charge in [-0.2, -0.15) is 0 Å². The molecule has 0 aliphatic heterocycles. The first kappa shape index (κ1) is 14.5. The number of carbonyl (C=O) groups is 1. The van der Waals surface area contributed by atoms with E-state index in [2.05, 4.69) is 20.8 Å². The summed E-state index contributed by atoms with van der Waals surface area (Å²) in [7, 11) is 1.60. The Hall–Kier alpha value is -1.55. The van der Waals surface area contributed by atoms with Crippen LogP contribution in [0.1, 0.15) is 31.9 Å². The molecule has 0 saturated heterocycles. The van der Waals surface area contributed by atoms with Crippen LogP contribution in [0.3, 0.4) is 0 Å². The van der Waals surface area contributed by atoms with Crippen molar-refractivity contribution in [2.45, 2.75) is 38.6 Å². The molecule has 0 aromatic heterocycles. The molecule has 0 spiro atoms. The lowest BCUT2D eigenvalue weighted by Gasteiger charge is -2.21. The number of rotatable bonds is 4. The van der Waals surface area contributed by atoms with Gasteiger partial charge in [-0.25, -0.2) is 0 Å². The quantitative estimate of drug-likeness (QED) is 0.846. The molecule has 1 aromatic rings. The number of carbonyl (C=O) groups excluding carboxylic acids is 1. The van der Waals surface area contributed by atoms with Gasteiger partial charge in [0.2, 0.25) is 5.91 Å². The predicted molar refractivity (Wildman–Crippen MR) is 72.6 cm³/mol. The van der Waals surface area contributed by atoms with Crippen LogP contribution in [-0.2, 0) is 16.6 Å². The van der Waals surface area contributed by atoms with Gasteiger partial charge in [0.25, 0.3) is 0 Å². The molecule has 0 saturated carbocycles. The zero-order valence-electron chi connectivity index (χ0n) is 11.5. The monoisotopic (exact) mass is 250 g/mol. The van der Waals surface area contributed by atoms with Crippen molar-refractivity contribution in [3.63, 3.8) is 0 Å². The molecular formula is C14H22N2O2. The van der Waals surface area contributed by atoms with E-state index in [1.54, 1.807) is 7.11 Å². The summed E-state index contributed by atoms with van der Waals surface area (Å²) in [4.78, 5) is 11.0. The average Bonchev–Trinajstić information content (AvgIpc) is 2.27. The Bertz CT molecular complexity index is 436. The second kappa shape index (κ2) is 5.40. The van der Waals surface area contributed by atoms with Gasteiger partial charge >= 0.3 is 0 Å². The molecule has 0 radical (unpaired) electrons. The van der Waals surface area contributed by atoms with Gasteiger partial charge in [-0.3, -0.25) is 4.79 Å². The number of primary amides is 1. The van der Waals surface area contributed by atoms with Crippen LogP contribution in [0.25, 0.3) is 0 Å². The smallest absolute Gasteiger partial charge is 0.234 e. The molecule has 0 aliphatic rings. The fourth-order valence-electron chi connectivity index (χ4n) is 1.74. The van der Waals surface area contributed by atoms with E-state index in [4.69, 9.17) is 16.2 Å². The summed E-state index contributed by atoms with van der Waals surface area (Å²) in [6, 6.07) is 5.28. The molecule has 0 fully saturated rings. The van der Waals surface area contributed by atoms with E-state index in [0.717, 1.165) is 11.3 Å². The molecular weight excluding hydrogens is 228 g/mol. The van der Waals surface area contributed by atoms with Crippen LogP contribution in [0.15, 0.2) is 18.2 Å². The normalized spacial score (nSPS) is 13.2. The van der Waals surface area contributed by atoms with Gasteiger partial charge in [0.1, 0.15) is 5.75 Å². The Labute approximate surface area is 108 Å². The first-order chi connectivity index (χ1) is 8.25. The molecule has 0 heterocycles. The van der Waals surface area contributed by atoms with Gasteiger partial charge in [0, 0.05) is 6.42 Å². The van der Waals surface area contributed by atoms with Gasteiger partial charge in [0.05, 0.1) is 13.2 Å². The Morgan fingerprint density at radius 2 is 2.00 bits per heavy atom. The maximum absolute atomic E-state index is 11.0. The topological polar surface area (TPSA) is 78.3 Å². The Morgan fingerprint density at radius 3 is 2.44 bits per heavy atom. The highest BCUT2D eigenvalue weighted by Gasteiger charge is 2.18. The summed E-state index contributed by atoms with van der Waals surface area (Å²) in [5, 5.41) is 0. The molecule has 1 unspecified atom stereocenters. The van der Waals surface area contributed by atoms with E-state index in [9.17, 15) is 4.79 Å². The Kier molecular flexibility index (Phi) is 4.35. The molecule has 1 rings (SSSR count). The molecule has 18 heavy (non-hydrogen) atoms. The largest absolute Gasteiger partial charge is 0.496 e. The van der Waals surface area contributed by atoms with Crippen LogP contribution in [0, 0.1) is 0 Å². The van der Waals surface area contributed by atoms with Gasteiger partial charge in [-0.05, 0) is 22.6 Å². The van der Waals surface area contributed by atoms with Gasteiger partial charge in [0.15, 0.2) is 0 Å². The minimum Gasteiger partial charge on any atom is -0.496 e. The Morgan fingerprint density at radius 1 is 1.39 bits per heavy atom. The van der Waals surface area contributed by atoms with Crippen LogP contribution < -0.4 is 16.2 Å². The standard InChI is InChI=1S/C14H22N2O2/c1-14(2,3)10-5-6-12(18-4)9(7-10)8-11(15)13(16)17/h5-7,11H,8,15H2,1-4H3,(H2,16,17). The first-order valence-corrected chi connectivity index (χ1v) is 5.98. The third kappa shape index (κ3) is 3.47. The molecule has 100 valence electrons. The highest BCUT2D eigenvalue weighted by molar-refractivity contribution is 5.80. The predicted octanol–water partition coefficient (Wildman–Crippen LogP) is 1.35. The number of amides is 1. The molecule has 4 nitrogen and oxygen atoms in total. The van der Waals surface area contributed by atoms with Crippen LogP contribution >= 0.6 is 0 Å². The highest BCUT2D eigenvalue weighted by Crippen LogP contribution is 2.28. The summed E-state index contributed by atoms with van der Waals surface area (Å²) >= 11 is 0. The van der Waals surface area contributed by atoms with Crippen molar-refractivity contribution in [2.75, 3.05) is 7.11 Å². The second-order valence-corrected chi connectivity index (χ2v) is 5.49.